The molecule has 0 unspecified atom stereocenters. The van der Waals surface area contributed by atoms with Gasteiger partial charge < -0.3 is 15.3 Å². The van der Waals surface area contributed by atoms with Gasteiger partial charge in [-0.25, -0.2) is 4.39 Å². The average molecular weight is 337 g/mol. The van der Waals surface area contributed by atoms with Gasteiger partial charge in [0.05, 0.1) is 0 Å². The highest BCUT2D eigenvalue weighted by atomic mass is 19.1. The molecule has 5 heteroatoms. The van der Waals surface area contributed by atoms with E-state index in [4.69, 9.17) is 0 Å². The number of phenols is 3. The minimum atomic E-state index is -0.718. The number of phenolic OH excluding ortho intramolecular Hbond substituents is 3. The van der Waals surface area contributed by atoms with Gasteiger partial charge in [0.25, 0.3) is 0 Å². The highest BCUT2D eigenvalue weighted by Crippen LogP contribution is 2.36. The molecule has 0 aromatic heterocycles. The van der Waals surface area contributed by atoms with Gasteiger partial charge in [0.15, 0.2) is 0 Å². The zero-order chi connectivity index (χ0) is 17.8. The largest absolute Gasteiger partial charge is 0.508 e. The molecule has 0 amide bonds. The second kappa shape index (κ2) is 7.05. The normalized spacial score (nSPS) is 11.3. The fourth-order valence-corrected chi connectivity index (χ4v) is 2.55. The molecule has 3 N–H and O–H groups in total. The molecule has 0 saturated heterocycles. The minimum absolute atomic E-state index is 0.0244. The number of benzene rings is 3. The SMILES string of the molecule is Oc1ccc(F)cc1C=NC(c1ccccc1O)c1ccccc1O. The van der Waals surface area contributed by atoms with Crippen molar-refractivity contribution in [3.05, 3.63) is 89.2 Å². The molecule has 25 heavy (non-hydrogen) atoms. The molecule has 0 bridgehead atoms. The van der Waals surface area contributed by atoms with Crippen molar-refractivity contribution in [3.8, 4) is 17.2 Å². The topological polar surface area (TPSA) is 73.1 Å². The summed E-state index contributed by atoms with van der Waals surface area (Å²) < 4.78 is 13.4. The Morgan fingerprint density at radius 1 is 0.760 bits per heavy atom. The first-order chi connectivity index (χ1) is 12.1. The first-order valence-electron chi connectivity index (χ1n) is 7.63. The molecule has 3 aromatic carbocycles. The van der Waals surface area contributed by atoms with E-state index >= 15 is 0 Å². The van der Waals surface area contributed by atoms with E-state index in [-0.39, 0.29) is 22.8 Å². The van der Waals surface area contributed by atoms with Crippen LogP contribution < -0.4 is 0 Å². The maximum atomic E-state index is 13.4. The predicted molar refractivity (Wildman–Crippen MR) is 93.7 cm³/mol. The highest BCUT2D eigenvalue weighted by Gasteiger charge is 2.19. The molecule has 0 fully saturated rings. The van der Waals surface area contributed by atoms with Crippen LogP contribution >= 0.6 is 0 Å². The molecule has 0 saturated carbocycles. The molecular weight excluding hydrogens is 321 g/mol. The van der Waals surface area contributed by atoms with E-state index in [1.54, 1.807) is 36.4 Å². The molecule has 0 aliphatic carbocycles. The number of aromatic hydroxyl groups is 3. The summed E-state index contributed by atoms with van der Waals surface area (Å²) in [6.45, 7) is 0. The van der Waals surface area contributed by atoms with E-state index in [2.05, 4.69) is 4.99 Å². The number of rotatable bonds is 4. The summed E-state index contributed by atoms with van der Waals surface area (Å²) in [6.07, 6.45) is 1.32. The lowest BCUT2D eigenvalue weighted by molar-refractivity contribution is 0.455. The Hall–Kier alpha value is -3.34. The van der Waals surface area contributed by atoms with Gasteiger partial charge in [0, 0.05) is 22.9 Å². The third kappa shape index (κ3) is 3.61. The highest BCUT2D eigenvalue weighted by molar-refractivity contribution is 5.83. The monoisotopic (exact) mass is 337 g/mol. The van der Waals surface area contributed by atoms with Crippen molar-refractivity contribution in [3.63, 3.8) is 0 Å². The van der Waals surface area contributed by atoms with Crippen LogP contribution in [0.2, 0.25) is 0 Å². The van der Waals surface area contributed by atoms with Gasteiger partial charge in [-0.15, -0.1) is 0 Å². The van der Waals surface area contributed by atoms with E-state index in [0.717, 1.165) is 12.1 Å². The standard InChI is InChI=1S/C20H16FNO3/c21-14-9-10-17(23)13(11-14)12-22-20(15-5-1-3-7-18(15)24)16-6-2-4-8-19(16)25/h1-12,20,23-25H. The third-order valence-electron chi connectivity index (χ3n) is 3.81. The van der Waals surface area contributed by atoms with Crippen molar-refractivity contribution in [2.45, 2.75) is 6.04 Å². The van der Waals surface area contributed by atoms with Crippen LogP contribution in [0, 0.1) is 5.82 Å². The predicted octanol–water partition coefficient (Wildman–Crippen LogP) is 4.15. The summed E-state index contributed by atoms with van der Waals surface area (Å²) in [6, 6.07) is 16.1. The summed E-state index contributed by atoms with van der Waals surface area (Å²) in [4.78, 5) is 4.39. The Labute approximate surface area is 144 Å². The van der Waals surface area contributed by atoms with E-state index in [1.807, 2.05) is 0 Å². The van der Waals surface area contributed by atoms with E-state index in [1.165, 1.54) is 24.4 Å². The van der Waals surface area contributed by atoms with Crippen LogP contribution in [0.4, 0.5) is 4.39 Å². The van der Waals surface area contributed by atoms with E-state index in [0.29, 0.717) is 11.1 Å². The Morgan fingerprint density at radius 3 is 1.88 bits per heavy atom. The number of para-hydroxylation sites is 2. The molecule has 0 aliphatic heterocycles. The average Bonchev–Trinajstić information content (AvgIpc) is 2.60. The van der Waals surface area contributed by atoms with Crippen LogP contribution in [0.5, 0.6) is 17.2 Å². The Bertz CT molecular complexity index is 879. The molecule has 0 aliphatic rings. The van der Waals surface area contributed by atoms with Crippen LogP contribution in [0.25, 0.3) is 0 Å². The summed E-state index contributed by atoms with van der Waals surface area (Å²) >= 11 is 0. The van der Waals surface area contributed by atoms with Gasteiger partial charge in [-0.3, -0.25) is 4.99 Å². The van der Waals surface area contributed by atoms with Gasteiger partial charge in [0.1, 0.15) is 29.1 Å². The van der Waals surface area contributed by atoms with Crippen molar-refractivity contribution in [2.75, 3.05) is 0 Å². The first-order valence-corrected chi connectivity index (χ1v) is 7.63. The molecule has 3 rings (SSSR count). The zero-order valence-electron chi connectivity index (χ0n) is 13.2. The van der Waals surface area contributed by atoms with Crippen molar-refractivity contribution in [2.24, 2.45) is 4.99 Å². The lowest BCUT2D eigenvalue weighted by atomic mass is 9.97. The quantitative estimate of drug-likeness (QED) is 0.626. The fourth-order valence-electron chi connectivity index (χ4n) is 2.55. The second-order valence-corrected chi connectivity index (χ2v) is 5.50. The number of halogens is 1. The number of hydrogen-bond acceptors (Lipinski definition) is 4. The van der Waals surface area contributed by atoms with Gasteiger partial charge in [-0.1, -0.05) is 36.4 Å². The lowest BCUT2D eigenvalue weighted by Crippen LogP contribution is -2.00. The summed E-state index contributed by atoms with van der Waals surface area (Å²) in [7, 11) is 0. The molecule has 0 spiro atoms. The van der Waals surface area contributed by atoms with E-state index in [9.17, 15) is 19.7 Å². The Kier molecular flexibility index (Phi) is 4.66. The molecule has 4 nitrogen and oxygen atoms in total. The van der Waals surface area contributed by atoms with Gasteiger partial charge in [0.2, 0.25) is 0 Å². The van der Waals surface area contributed by atoms with Crippen LogP contribution in [-0.2, 0) is 0 Å². The Morgan fingerprint density at radius 2 is 1.32 bits per heavy atom. The van der Waals surface area contributed by atoms with Gasteiger partial charge >= 0.3 is 0 Å². The van der Waals surface area contributed by atoms with Crippen LogP contribution in [-0.4, -0.2) is 21.5 Å². The molecular formula is C20H16FNO3. The van der Waals surface area contributed by atoms with Crippen molar-refractivity contribution in [1.29, 1.82) is 0 Å². The minimum Gasteiger partial charge on any atom is -0.508 e. The summed E-state index contributed by atoms with van der Waals surface area (Å²) in [5, 5.41) is 30.2. The maximum Gasteiger partial charge on any atom is 0.124 e. The number of aliphatic imine (C=N–C) groups is 1. The maximum absolute atomic E-state index is 13.4. The van der Waals surface area contributed by atoms with Gasteiger partial charge in [-0.2, -0.15) is 0 Å². The molecule has 3 aromatic rings. The number of hydrogen-bond donors (Lipinski definition) is 3. The molecule has 126 valence electrons. The summed E-state index contributed by atoms with van der Waals surface area (Å²) in [5.41, 5.74) is 1.17. The third-order valence-corrected chi connectivity index (χ3v) is 3.81. The number of nitrogens with zero attached hydrogens (tertiary/aromatic N) is 1. The van der Waals surface area contributed by atoms with Crippen LogP contribution in [0.3, 0.4) is 0 Å². The smallest absolute Gasteiger partial charge is 0.124 e. The van der Waals surface area contributed by atoms with Crippen molar-refractivity contribution >= 4 is 6.21 Å². The summed E-state index contributed by atoms with van der Waals surface area (Å²) in [5.74, 6) is -0.563. The van der Waals surface area contributed by atoms with Crippen LogP contribution in [0.15, 0.2) is 71.7 Å². The second-order valence-electron chi connectivity index (χ2n) is 5.50. The van der Waals surface area contributed by atoms with E-state index < -0.39 is 11.9 Å². The first kappa shape index (κ1) is 16.5. The fraction of sp³-hybridized carbons (Fsp3) is 0.0500. The lowest BCUT2D eigenvalue weighted by Gasteiger charge is -2.16. The van der Waals surface area contributed by atoms with Crippen molar-refractivity contribution < 1.29 is 19.7 Å². The van der Waals surface area contributed by atoms with Crippen molar-refractivity contribution in [1.82, 2.24) is 0 Å². The molecule has 0 radical (unpaired) electrons. The van der Waals surface area contributed by atoms with Gasteiger partial charge in [-0.05, 0) is 30.3 Å². The Balaban J connectivity index is 2.09. The zero-order valence-corrected chi connectivity index (χ0v) is 13.2. The molecule has 0 heterocycles. The van der Waals surface area contributed by atoms with Crippen LogP contribution in [0.1, 0.15) is 22.7 Å². The molecule has 0 atom stereocenters.